The second-order valence-corrected chi connectivity index (χ2v) is 8.76. The molecule has 0 bridgehead atoms. The summed E-state index contributed by atoms with van der Waals surface area (Å²) in [6.07, 6.45) is 3.75. The fourth-order valence-electron chi connectivity index (χ4n) is 3.05. The van der Waals surface area contributed by atoms with Gasteiger partial charge in [-0.3, -0.25) is 9.59 Å². The highest BCUT2D eigenvalue weighted by Crippen LogP contribution is 2.29. The van der Waals surface area contributed by atoms with E-state index in [4.69, 9.17) is 0 Å². The van der Waals surface area contributed by atoms with Gasteiger partial charge in [0.15, 0.2) is 0 Å². The first-order valence-electron chi connectivity index (χ1n) is 10.1. The summed E-state index contributed by atoms with van der Waals surface area (Å²) in [6.45, 7) is 5.52. The number of benzene rings is 1. The SMILES string of the molecule is Cc1ccc(C(=O)NC2CC2)cc1-c1cnc(NC(C)(C)CO)c(C(=O)N(C)C)c1. The van der Waals surface area contributed by atoms with Gasteiger partial charge in [-0.2, -0.15) is 0 Å². The zero-order valence-electron chi connectivity index (χ0n) is 18.2. The van der Waals surface area contributed by atoms with Crippen LogP contribution in [0.5, 0.6) is 0 Å². The average molecular weight is 411 g/mol. The molecule has 1 fully saturated rings. The molecule has 1 heterocycles. The fraction of sp³-hybridized carbons (Fsp3) is 0.435. The molecule has 30 heavy (non-hydrogen) atoms. The summed E-state index contributed by atoms with van der Waals surface area (Å²) in [7, 11) is 3.37. The molecular weight excluding hydrogens is 380 g/mol. The van der Waals surface area contributed by atoms with E-state index in [9.17, 15) is 14.7 Å². The number of hydrogen-bond acceptors (Lipinski definition) is 5. The molecule has 0 atom stereocenters. The molecule has 0 spiro atoms. The van der Waals surface area contributed by atoms with E-state index in [0.29, 0.717) is 16.9 Å². The zero-order chi connectivity index (χ0) is 22.1. The Balaban J connectivity index is 2.02. The lowest BCUT2D eigenvalue weighted by atomic mass is 9.97. The van der Waals surface area contributed by atoms with Crippen LogP contribution in [0.3, 0.4) is 0 Å². The Hall–Kier alpha value is -2.93. The van der Waals surface area contributed by atoms with E-state index in [2.05, 4.69) is 15.6 Å². The third kappa shape index (κ3) is 4.97. The number of carbonyl (C=O) groups excluding carboxylic acids is 2. The molecule has 3 rings (SSSR count). The van der Waals surface area contributed by atoms with Gasteiger partial charge >= 0.3 is 0 Å². The molecule has 1 saturated carbocycles. The van der Waals surface area contributed by atoms with Gasteiger partial charge < -0.3 is 20.6 Å². The Morgan fingerprint density at radius 3 is 2.53 bits per heavy atom. The Bertz CT molecular complexity index is 965. The highest BCUT2D eigenvalue weighted by atomic mass is 16.3. The minimum Gasteiger partial charge on any atom is -0.394 e. The van der Waals surface area contributed by atoms with Crippen molar-refractivity contribution in [3.05, 3.63) is 47.2 Å². The van der Waals surface area contributed by atoms with Crippen molar-refractivity contribution in [1.82, 2.24) is 15.2 Å². The summed E-state index contributed by atoms with van der Waals surface area (Å²) in [6, 6.07) is 7.64. The Labute approximate surface area is 177 Å². The van der Waals surface area contributed by atoms with Crippen molar-refractivity contribution in [2.24, 2.45) is 0 Å². The van der Waals surface area contributed by atoms with E-state index in [1.807, 2.05) is 39.0 Å². The number of hydrogen-bond donors (Lipinski definition) is 3. The summed E-state index contributed by atoms with van der Waals surface area (Å²) in [5.74, 6) is 0.136. The molecule has 2 aromatic rings. The van der Waals surface area contributed by atoms with E-state index in [1.165, 1.54) is 4.90 Å². The lowest BCUT2D eigenvalue weighted by molar-refractivity contribution is 0.0827. The molecule has 7 nitrogen and oxygen atoms in total. The van der Waals surface area contributed by atoms with E-state index >= 15 is 0 Å². The number of nitrogens with zero attached hydrogens (tertiary/aromatic N) is 2. The lowest BCUT2D eigenvalue weighted by Gasteiger charge is -2.26. The Morgan fingerprint density at radius 1 is 1.23 bits per heavy atom. The molecule has 0 aliphatic heterocycles. The summed E-state index contributed by atoms with van der Waals surface area (Å²) < 4.78 is 0. The molecule has 0 unspecified atom stereocenters. The topological polar surface area (TPSA) is 94.6 Å². The fourth-order valence-corrected chi connectivity index (χ4v) is 3.05. The minimum absolute atomic E-state index is 0.0840. The van der Waals surface area contributed by atoms with Crippen molar-refractivity contribution >= 4 is 17.6 Å². The maximum absolute atomic E-state index is 12.8. The number of pyridine rings is 1. The van der Waals surface area contributed by atoms with Crippen molar-refractivity contribution in [2.45, 2.75) is 45.2 Å². The summed E-state index contributed by atoms with van der Waals surface area (Å²) in [5, 5.41) is 15.7. The molecule has 0 saturated heterocycles. The van der Waals surface area contributed by atoms with Crippen LogP contribution in [0.25, 0.3) is 11.1 Å². The maximum atomic E-state index is 12.8. The zero-order valence-corrected chi connectivity index (χ0v) is 18.2. The van der Waals surface area contributed by atoms with Crippen LogP contribution in [0.2, 0.25) is 0 Å². The molecule has 0 radical (unpaired) electrons. The van der Waals surface area contributed by atoms with Crippen LogP contribution in [-0.4, -0.2) is 59.1 Å². The number of aliphatic hydroxyl groups excluding tert-OH is 1. The second-order valence-electron chi connectivity index (χ2n) is 8.76. The lowest BCUT2D eigenvalue weighted by Crippen LogP contribution is -2.36. The van der Waals surface area contributed by atoms with Crippen molar-refractivity contribution < 1.29 is 14.7 Å². The van der Waals surface area contributed by atoms with Crippen LogP contribution in [0.4, 0.5) is 5.82 Å². The molecule has 1 aliphatic carbocycles. The number of amides is 2. The Kier molecular flexibility index (Phi) is 6.12. The number of aliphatic hydroxyl groups is 1. The van der Waals surface area contributed by atoms with Gasteiger partial charge in [0.05, 0.1) is 17.7 Å². The van der Waals surface area contributed by atoms with Gasteiger partial charge in [-0.15, -0.1) is 0 Å². The first-order chi connectivity index (χ1) is 14.1. The maximum Gasteiger partial charge on any atom is 0.257 e. The summed E-state index contributed by atoms with van der Waals surface area (Å²) in [4.78, 5) is 31.3. The van der Waals surface area contributed by atoms with Gasteiger partial charge in [0.1, 0.15) is 5.82 Å². The first-order valence-corrected chi connectivity index (χ1v) is 10.1. The van der Waals surface area contributed by atoms with Crippen molar-refractivity contribution in [3.8, 4) is 11.1 Å². The van der Waals surface area contributed by atoms with Crippen LogP contribution in [0.1, 0.15) is 53.0 Å². The van der Waals surface area contributed by atoms with E-state index in [1.54, 1.807) is 26.4 Å². The van der Waals surface area contributed by atoms with Crippen molar-refractivity contribution in [3.63, 3.8) is 0 Å². The predicted octanol–water partition coefficient (Wildman–Crippen LogP) is 2.83. The van der Waals surface area contributed by atoms with Gasteiger partial charge in [-0.05, 0) is 62.9 Å². The average Bonchev–Trinajstić information content (AvgIpc) is 3.51. The monoisotopic (exact) mass is 410 g/mol. The van der Waals surface area contributed by atoms with Crippen LogP contribution >= 0.6 is 0 Å². The van der Waals surface area contributed by atoms with Gasteiger partial charge in [-0.1, -0.05) is 6.07 Å². The summed E-state index contributed by atoms with van der Waals surface area (Å²) >= 11 is 0. The molecular formula is C23H30N4O3. The molecule has 7 heteroatoms. The van der Waals surface area contributed by atoms with E-state index in [-0.39, 0.29) is 24.5 Å². The third-order valence-corrected chi connectivity index (χ3v) is 5.10. The van der Waals surface area contributed by atoms with E-state index in [0.717, 1.165) is 29.5 Å². The minimum atomic E-state index is -0.632. The number of anilines is 1. The van der Waals surface area contributed by atoms with Gasteiger partial charge in [0.2, 0.25) is 0 Å². The third-order valence-electron chi connectivity index (χ3n) is 5.10. The largest absolute Gasteiger partial charge is 0.394 e. The highest BCUT2D eigenvalue weighted by Gasteiger charge is 2.25. The first kappa shape index (κ1) is 21.8. The molecule has 160 valence electrons. The number of aryl methyl sites for hydroxylation is 1. The predicted molar refractivity (Wildman–Crippen MR) is 118 cm³/mol. The molecule has 3 N–H and O–H groups in total. The molecule has 1 aliphatic rings. The van der Waals surface area contributed by atoms with Crippen LogP contribution in [-0.2, 0) is 0 Å². The van der Waals surface area contributed by atoms with Crippen LogP contribution < -0.4 is 10.6 Å². The van der Waals surface area contributed by atoms with Crippen molar-refractivity contribution in [2.75, 3.05) is 26.0 Å². The Morgan fingerprint density at radius 2 is 1.93 bits per heavy atom. The highest BCUT2D eigenvalue weighted by molar-refractivity contribution is 6.00. The quantitative estimate of drug-likeness (QED) is 0.653. The number of nitrogens with one attached hydrogen (secondary N) is 2. The number of carbonyl (C=O) groups is 2. The van der Waals surface area contributed by atoms with Gasteiger partial charge in [0.25, 0.3) is 11.8 Å². The van der Waals surface area contributed by atoms with Crippen molar-refractivity contribution in [1.29, 1.82) is 0 Å². The second kappa shape index (κ2) is 8.44. The normalized spacial score (nSPS) is 13.7. The number of aromatic nitrogens is 1. The van der Waals surface area contributed by atoms with Gasteiger partial charge in [-0.25, -0.2) is 4.98 Å². The van der Waals surface area contributed by atoms with Crippen LogP contribution in [0.15, 0.2) is 30.5 Å². The number of rotatable bonds is 7. The van der Waals surface area contributed by atoms with Gasteiger partial charge in [0, 0.05) is 37.5 Å². The molecule has 2 amide bonds. The molecule has 1 aromatic carbocycles. The molecule has 1 aromatic heterocycles. The summed E-state index contributed by atoms with van der Waals surface area (Å²) in [5.41, 5.74) is 2.96. The smallest absolute Gasteiger partial charge is 0.257 e. The standard InChI is InChI=1S/C23H30N4O3/c1-14-6-7-15(21(29)25-17-8-9-17)10-18(14)16-11-19(22(30)27(4)5)20(24-12-16)26-23(2,3)13-28/h6-7,10-12,17,28H,8-9,13H2,1-5H3,(H,24,26)(H,25,29). The van der Waals surface area contributed by atoms with E-state index < -0.39 is 5.54 Å². The van der Waals surface area contributed by atoms with Crippen LogP contribution in [0, 0.1) is 6.92 Å².